The number of hydrogen-bond donors (Lipinski definition) is 1. The van der Waals surface area contributed by atoms with Gasteiger partial charge in [0.05, 0.1) is 0 Å². The molecule has 4 nitrogen and oxygen atoms in total. The number of nitrogens with zero attached hydrogens (tertiary/aromatic N) is 1. The van der Waals surface area contributed by atoms with Crippen LogP contribution in [0.1, 0.15) is 53.1 Å². The average Bonchev–Trinajstić information content (AvgIpc) is 2.78. The number of fused-ring (bicyclic) bond motifs is 1. The minimum atomic E-state index is -0.743. The van der Waals surface area contributed by atoms with Crippen molar-refractivity contribution in [3.8, 4) is 0 Å². The monoisotopic (exact) mass is 401 g/mol. The first-order chi connectivity index (χ1) is 14.6. The lowest BCUT2D eigenvalue weighted by Crippen LogP contribution is -2.38. The number of rotatable bonds is 6. The second-order valence-electron chi connectivity index (χ2n) is 8.07. The topological polar surface area (TPSA) is 57.6 Å². The van der Waals surface area contributed by atoms with Gasteiger partial charge in [-0.2, -0.15) is 0 Å². The fourth-order valence-electron chi connectivity index (χ4n) is 4.49. The maximum atomic E-state index is 13.0. The molecule has 154 valence electrons. The van der Waals surface area contributed by atoms with Crippen molar-refractivity contribution in [1.29, 1.82) is 0 Å². The largest absolute Gasteiger partial charge is 0.481 e. The second-order valence-corrected chi connectivity index (χ2v) is 8.07. The van der Waals surface area contributed by atoms with Gasteiger partial charge in [-0.25, -0.2) is 0 Å². The van der Waals surface area contributed by atoms with Gasteiger partial charge in [-0.15, -0.1) is 0 Å². The van der Waals surface area contributed by atoms with E-state index in [1.807, 2.05) is 47.4 Å². The van der Waals surface area contributed by atoms with Crippen LogP contribution in [-0.4, -0.2) is 35.0 Å². The molecule has 0 saturated carbocycles. The zero-order chi connectivity index (χ0) is 20.9. The van der Waals surface area contributed by atoms with E-state index < -0.39 is 5.97 Å². The SMILES string of the molecule is O=C(O)CCCc1ccccc1C1CCN(C(=O)c2ccc3ccccc3c2)CC1. The molecule has 4 heteroatoms. The zero-order valence-corrected chi connectivity index (χ0v) is 17.1. The summed E-state index contributed by atoms with van der Waals surface area (Å²) in [7, 11) is 0. The molecule has 0 radical (unpaired) electrons. The van der Waals surface area contributed by atoms with E-state index in [9.17, 15) is 9.59 Å². The number of amides is 1. The number of carboxylic acids is 1. The van der Waals surface area contributed by atoms with Gasteiger partial charge < -0.3 is 10.0 Å². The number of benzene rings is 3. The minimum Gasteiger partial charge on any atom is -0.481 e. The molecule has 0 aliphatic carbocycles. The van der Waals surface area contributed by atoms with Gasteiger partial charge in [-0.3, -0.25) is 9.59 Å². The van der Waals surface area contributed by atoms with Crippen molar-refractivity contribution >= 4 is 22.6 Å². The number of aliphatic carboxylic acids is 1. The van der Waals surface area contributed by atoms with E-state index in [2.05, 4.69) is 24.3 Å². The molecule has 1 fully saturated rings. The quantitative estimate of drug-likeness (QED) is 0.612. The van der Waals surface area contributed by atoms with Crippen molar-refractivity contribution in [3.05, 3.63) is 83.4 Å². The molecular weight excluding hydrogens is 374 g/mol. The first-order valence-electron chi connectivity index (χ1n) is 10.7. The fraction of sp³-hybridized carbons (Fsp3) is 0.308. The maximum absolute atomic E-state index is 13.0. The smallest absolute Gasteiger partial charge is 0.303 e. The van der Waals surface area contributed by atoms with Gasteiger partial charge in [0.25, 0.3) is 5.91 Å². The normalized spacial score (nSPS) is 14.7. The number of likely N-dealkylation sites (tertiary alicyclic amines) is 1. The molecule has 1 saturated heterocycles. The molecule has 30 heavy (non-hydrogen) atoms. The fourth-order valence-corrected chi connectivity index (χ4v) is 4.49. The molecule has 0 unspecified atom stereocenters. The maximum Gasteiger partial charge on any atom is 0.303 e. The predicted molar refractivity (Wildman–Crippen MR) is 119 cm³/mol. The minimum absolute atomic E-state index is 0.106. The molecule has 1 aliphatic heterocycles. The van der Waals surface area contributed by atoms with E-state index in [4.69, 9.17) is 5.11 Å². The molecule has 1 amide bonds. The van der Waals surface area contributed by atoms with Crippen LogP contribution < -0.4 is 0 Å². The van der Waals surface area contributed by atoms with Gasteiger partial charge in [0.2, 0.25) is 0 Å². The molecule has 3 aromatic rings. The highest BCUT2D eigenvalue weighted by Gasteiger charge is 2.25. The lowest BCUT2D eigenvalue weighted by molar-refractivity contribution is -0.137. The van der Waals surface area contributed by atoms with Crippen LogP contribution in [-0.2, 0) is 11.2 Å². The first kappa shape index (κ1) is 20.1. The van der Waals surface area contributed by atoms with Crippen LogP contribution in [0.25, 0.3) is 10.8 Å². The molecule has 1 heterocycles. The number of hydrogen-bond acceptors (Lipinski definition) is 2. The number of carbonyl (C=O) groups is 2. The molecule has 0 aromatic heterocycles. The van der Waals surface area contributed by atoms with Crippen molar-refractivity contribution in [2.24, 2.45) is 0 Å². The summed E-state index contributed by atoms with van der Waals surface area (Å²) in [4.78, 5) is 25.8. The highest BCUT2D eigenvalue weighted by atomic mass is 16.4. The Labute approximate surface area is 177 Å². The van der Waals surface area contributed by atoms with E-state index in [0.29, 0.717) is 12.3 Å². The van der Waals surface area contributed by atoms with Gasteiger partial charge in [-0.1, -0.05) is 54.6 Å². The Hall–Kier alpha value is -3.14. The van der Waals surface area contributed by atoms with E-state index in [0.717, 1.165) is 48.7 Å². The molecule has 3 aromatic carbocycles. The van der Waals surface area contributed by atoms with Crippen LogP contribution in [0.3, 0.4) is 0 Å². The number of carboxylic acid groups (broad SMARTS) is 1. The number of aryl methyl sites for hydroxylation is 1. The molecule has 1 aliphatic rings. The number of piperidine rings is 1. The van der Waals surface area contributed by atoms with E-state index >= 15 is 0 Å². The van der Waals surface area contributed by atoms with E-state index in [1.54, 1.807) is 0 Å². The van der Waals surface area contributed by atoms with Crippen molar-refractivity contribution in [2.45, 2.75) is 38.0 Å². The van der Waals surface area contributed by atoms with Gasteiger partial charge in [0, 0.05) is 25.1 Å². The van der Waals surface area contributed by atoms with Gasteiger partial charge >= 0.3 is 5.97 Å². The van der Waals surface area contributed by atoms with Crippen molar-refractivity contribution in [3.63, 3.8) is 0 Å². The molecule has 0 atom stereocenters. The van der Waals surface area contributed by atoms with Crippen LogP contribution in [0.15, 0.2) is 66.7 Å². The summed E-state index contributed by atoms with van der Waals surface area (Å²) in [6, 6.07) is 22.4. The predicted octanol–water partition coefficient (Wildman–Crippen LogP) is 5.27. The first-order valence-corrected chi connectivity index (χ1v) is 10.7. The van der Waals surface area contributed by atoms with Crippen LogP contribution in [0.4, 0.5) is 0 Å². The Kier molecular flexibility index (Phi) is 6.12. The standard InChI is InChI=1S/C26H27NO3/c28-25(29)11-5-9-20-7-3-4-10-24(20)21-14-16-27(17-15-21)26(30)23-13-12-19-6-1-2-8-22(19)18-23/h1-4,6-8,10,12-13,18,21H,5,9,11,14-17H2,(H,28,29). The highest BCUT2D eigenvalue weighted by molar-refractivity contribution is 5.98. The van der Waals surface area contributed by atoms with Crippen LogP contribution >= 0.6 is 0 Å². The Morgan fingerprint density at radius 2 is 1.60 bits per heavy atom. The highest BCUT2D eigenvalue weighted by Crippen LogP contribution is 2.32. The van der Waals surface area contributed by atoms with E-state index in [1.165, 1.54) is 11.1 Å². The zero-order valence-electron chi connectivity index (χ0n) is 17.1. The molecule has 4 rings (SSSR count). The third-order valence-electron chi connectivity index (χ3n) is 6.11. The Bertz CT molecular complexity index is 1050. The van der Waals surface area contributed by atoms with Crippen LogP contribution in [0, 0.1) is 0 Å². The van der Waals surface area contributed by atoms with Gasteiger partial charge in [0.15, 0.2) is 0 Å². The van der Waals surface area contributed by atoms with Crippen molar-refractivity contribution in [2.75, 3.05) is 13.1 Å². The third kappa shape index (κ3) is 4.54. The summed E-state index contributed by atoms with van der Waals surface area (Å²) in [6.45, 7) is 1.50. The Morgan fingerprint density at radius 1 is 0.900 bits per heavy atom. The van der Waals surface area contributed by atoms with Crippen molar-refractivity contribution in [1.82, 2.24) is 4.90 Å². The van der Waals surface area contributed by atoms with Crippen LogP contribution in [0.2, 0.25) is 0 Å². The molecule has 0 spiro atoms. The summed E-state index contributed by atoms with van der Waals surface area (Å²) in [5.41, 5.74) is 3.32. The summed E-state index contributed by atoms with van der Waals surface area (Å²) in [6.07, 6.45) is 3.53. The van der Waals surface area contributed by atoms with E-state index in [-0.39, 0.29) is 12.3 Å². The summed E-state index contributed by atoms with van der Waals surface area (Å²) < 4.78 is 0. The molecule has 0 bridgehead atoms. The average molecular weight is 402 g/mol. The van der Waals surface area contributed by atoms with Gasteiger partial charge in [-0.05, 0) is 65.6 Å². The third-order valence-corrected chi connectivity index (χ3v) is 6.11. The number of carbonyl (C=O) groups excluding carboxylic acids is 1. The molecule has 1 N–H and O–H groups in total. The van der Waals surface area contributed by atoms with Crippen molar-refractivity contribution < 1.29 is 14.7 Å². The summed E-state index contributed by atoms with van der Waals surface area (Å²) in [5.74, 6) is -0.214. The lowest BCUT2D eigenvalue weighted by atomic mass is 9.85. The Balaban J connectivity index is 1.41. The van der Waals surface area contributed by atoms with Crippen LogP contribution in [0.5, 0.6) is 0 Å². The molecular formula is C26H27NO3. The second kappa shape index (κ2) is 9.12. The lowest BCUT2D eigenvalue weighted by Gasteiger charge is -2.33. The summed E-state index contributed by atoms with van der Waals surface area (Å²) in [5, 5.41) is 11.1. The Morgan fingerprint density at radius 3 is 2.37 bits per heavy atom. The van der Waals surface area contributed by atoms with Gasteiger partial charge in [0.1, 0.15) is 0 Å². The summed E-state index contributed by atoms with van der Waals surface area (Å²) >= 11 is 0.